The van der Waals surface area contributed by atoms with Crippen LogP contribution < -0.4 is 10.2 Å². The normalized spacial score (nSPS) is 19.8. The molecule has 2 rings (SSSR count). The summed E-state index contributed by atoms with van der Waals surface area (Å²) < 4.78 is 5.75. The summed E-state index contributed by atoms with van der Waals surface area (Å²) in [6.07, 6.45) is 6.31. The highest BCUT2D eigenvalue weighted by molar-refractivity contribution is 5.37. The first-order valence-electron chi connectivity index (χ1n) is 7.90. The van der Waals surface area contributed by atoms with Crippen molar-refractivity contribution in [2.45, 2.75) is 58.7 Å². The molecule has 21 heavy (non-hydrogen) atoms. The molecule has 1 aliphatic rings. The summed E-state index contributed by atoms with van der Waals surface area (Å²) in [7, 11) is 0. The van der Waals surface area contributed by atoms with E-state index < -0.39 is 0 Å². The Morgan fingerprint density at radius 2 is 2.19 bits per heavy atom. The lowest BCUT2D eigenvalue weighted by Gasteiger charge is -2.33. The molecule has 0 aromatic carbocycles. The Morgan fingerprint density at radius 3 is 2.90 bits per heavy atom. The summed E-state index contributed by atoms with van der Waals surface area (Å²) in [5.41, 5.74) is 1.07. The van der Waals surface area contributed by atoms with Crippen LogP contribution in [-0.4, -0.2) is 41.3 Å². The van der Waals surface area contributed by atoms with Crippen LogP contribution in [0.2, 0.25) is 0 Å². The minimum atomic E-state index is 0.0862. The molecule has 5 heteroatoms. The van der Waals surface area contributed by atoms with Gasteiger partial charge in [0, 0.05) is 38.0 Å². The van der Waals surface area contributed by atoms with E-state index in [-0.39, 0.29) is 5.54 Å². The summed E-state index contributed by atoms with van der Waals surface area (Å²) in [6.45, 7) is 12.0. The highest BCUT2D eigenvalue weighted by Crippen LogP contribution is 2.19. The third-order valence-corrected chi connectivity index (χ3v) is 3.58. The predicted molar refractivity (Wildman–Crippen MR) is 85.5 cm³/mol. The highest BCUT2D eigenvalue weighted by Gasteiger charge is 2.21. The van der Waals surface area contributed by atoms with Crippen LogP contribution in [0, 0.1) is 0 Å². The first-order valence-corrected chi connectivity index (χ1v) is 7.90. The number of nitrogens with zero attached hydrogens (tertiary/aromatic N) is 3. The molecule has 118 valence electrons. The van der Waals surface area contributed by atoms with Crippen LogP contribution in [0.3, 0.4) is 0 Å². The molecule has 1 aromatic heterocycles. The standard InChI is InChI=1S/C16H28N4O/c1-5-21-14-7-6-8-20(12-14)15-11-17-9-13(19-15)10-18-16(2,3)4/h9,11,14,18H,5-8,10,12H2,1-4H3. The molecule has 1 aliphatic heterocycles. The fourth-order valence-electron chi connectivity index (χ4n) is 2.51. The highest BCUT2D eigenvalue weighted by atomic mass is 16.5. The van der Waals surface area contributed by atoms with E-state index in [2.05, 4.69) is 42.9 Å². The Balaban J connectivity index is 1.99. The second-order valence-corrected chi connectivity index (χ2v) is 6.64. The second kappa shape index (κ2) is 7.18. The third-order valence-electron chi connectivity index (χ3n) is 3.58. The maximum absolute atomic E-state index is 5.75. The van der Waals surface area contributed by atoms with E-state index in [1.807, 2.05) is 12.4 Å². The smallest absolute Gasteiger partial charge is 0.147 e. The van der Waals surface area contributed by atoms with Gasteiger partial charge in [-0.2, -0.15) is 0 Å². The van der Waals surface area contributed by atoms with Crippen molar-refractivity contribution in [3.63, 3.8) is 0 Å². The van der Waals surface area contributed by atoms with Crippen molar-refractivity contribution in [3.8, 4) is 0 Å². The zero-order valence-electron chi connectivity index (χ0n) is 13.7. The van der Waals surface area contributed by atoms with Crippen molar-refractivity contribution in [1.29, 1.82) is 0 Å². The molecular formula is C16H28N4O. The number of hydrogen-bond acceptors (Lipinski definition) is 5. The second-order valence-electron chi connectivity index (χ2n) is 6.64. The fourth-order valence-corrected chi connectivity index (χ4v) is 2.51. The Hall–Kier alpha value is -1.20. The lowest BCUT2D eigenvalue weighted by atomic mass is 10.1. The molecule has 1 saturated heterocycles. The quantitative estimate of drug-likeness (QED) is 0.903. The van der Waals surface area contributed by atoms with Gasteiger partial charge in [0.2, 0.25) is 0 Å². The average molecular weight is 292 g/mol. The van der Waals surface area contributed by atoms with E-state index in [4.69, 9.17) is 9.72 Å². The third kappa shape index (κ3) is 5.25. The molecule has 0 spiro atoms. The maximum Gasteiger partial charge on any atom is 0.147 e. The van der Waals surface area contributed by atoms with E-state index in [1.54, 1.807) is 0 Å². The van der Waals surface area contributed by atoms with Gasteiger partial charge in [-0.15, -0.1) is 0 Å². The minimum Gasteiger partial charge on any atom is -0.377 e. The average Bonchev–Trinajstić information content (AvgIpc) is 2.45. The molecule has 0 radical (unpaired) electrons. The number of nitrogens with one attached hydrogen (secondary N) is 1. The van der Waals surface area contributed by atoms with Gasteiger partial charge in [0.1, 0.15) is 5.82 Å². The van der Waals surface area contributed by atoms with Crippen molar-refractivity contribution >= 4 is 5.82 Å². The molecule has 0 saturated carbocycles. The summed E-state index contributed by atoms with van der Waals surface area (Å²) in [6, 6.07) is 0. The van der Waals surface area contributed by atoms with Crippen molar-refractivity contribution < 1.29 is 4.74 Å². The zero-order valence-corrected chi connectivity index (χ0v) is 13.7. The van der Waals surface area contributed by atoms with Gasteiger partial charge in [-0.3, -0.25) is 4.98 Å². The number of rotatable bonds is 5. The Bertz CT molecular complexity index is 442. The van der Waals surface area contributed by atoms with Crippen LogP contribution in [0.25, 0.3) is 0 Å². The summed E-state index contributed by atoms with van der Waals surface area (Å²) >= 11 is 0. The van der Waals surface area contributed by atoms with E-state index in [9.17, 15) is 0 Å². The molecule has 5 nitrogen and oxygen atoms in total. The summed E-state index contributed by atoms with van der Waals surface area (Å²) in [5.74, 6) is 0.965. The van der Waals surface area contributed by atoms with Gasteiger partial charge < -0.3 is 15.0 Å². The number of aromatic nitrogens is 2. The molecule has 1 atom stereocenters. The molecule has 1 unspecified atom stereocenters. The van der Waals surface area contributed by atoms with Crippen molar-refractivity contribution in [3.05, 3.63) is 18.1 Å². The lowest BCUT2D eigenvalue weighted by molar-refractivity contribution is 0.0525. The monoisotopic (exact) mass is 292 g/mol. The Labute approximate surface area is 128 Å². The molecule has 2 heterocycles. The molecular weight excluding hydrogens is 264 g/mol. The first kappa shape index (κ1) is 16.2. The SMILES string of the molecule is CCOC1CCCN(c2cncc(CNC(C)(C)C)n2)C1. The van der Waals surface area contributed by atoms with Crippen LogP contribution in [0.1, 0.15) is 46.2 Å². The van der Waals surface area contributed by atoms with Gasteiger partial charge in [-0.1, -0.05) is 0 Å². The van der Waals surface area contributed by atoms with Crippen LogP contribution in [0.5, 0.6) is 0 Å². The minimum absolute atomic E-state index is 0.0862. The Kier molecular flexibility index (Phi) is 5.53. The van der Waals surface area contributed by atoms with E-state index >= 15 is 0 Å². The van der Waals surface area contributed by atoms with Crippen molar-refractivity contribution in [2.75, 3.05) is 24.6 Å². The first-order chi connectivity index (χ1) is 9.98. The predicted octanol–water partition coefficient (Wildman–Crippen LogP) is 2.37. The molecule has 0 aliphatic carbocycles. The van der Waals surface area contributed by atoms with E-state index in [0.717, 1.165) is 50.6 Å². The maximum atomic E-state index is 5.75. The zero-order chi connectivity index (χ0) is 15.3. The van der Waals surface area contributed by atoms with Gasteiger partial charge in [0.05, 0.1) is 18.0 Å². The number of anilines is 1. The van der Waals surface area contributed by atoms with Gasteiger partial charge >= 0.3 is 0 Å². The summed E-state index contributed by atoms with van der Waals surface area (Å²) in [5, 5.41) is 3.45. The number of ether oxygens (including phenoxy) is 1. The molecule has 1 fully saturated rings. The molecule has 1 N–H and O–H groups in total. The molecule has 0 amide bonds. The molecule has 1 aromatic rings. The van der Waals surface area contributed by atoms with Crippen LogP contribution >= 0.6 is 0 Å². The van der Waals surface area contributed by atoms with Gasteiger partial charge in [0.25, 0.3) is 0 Å². The van der Waals surface area contributed by atoms with Crippen LogP contribution in [-0.2, 0) is 11.3 Å². The van der Waals surface area contributed by atoms with E-state index in [0.29, 0.717) is 6.10 Å². The number of piperidine rings is 1. The molecule has 0 bridgehead atoms. The Morgan fingerprint density at radius 1 is 1.38 bits per heavy atom. The van der Waals surface area contributed by atoms with E-state index in [1.165, 1.54) is 0 Å². The summed E-state index contributed by atoms with van der Waals surface area (Å²) in [4.78, 5) is 11.4. The topological polar surface area (TPSA) is 50.3 Å². The van der Waals surface area contributed by atoms with Crippen molar-refractivity contribution in [1.82, 2.24) is 15.3 Å². The van der Waals surface area contributed by atoms with Gasteiger partial charge in [-0.05, 0) is 40.5 Å². The fraction of sp³-hybridized carbons (Fsp3) is 0.750. The van der Waals surface area contributed by atoms with Gasteiger partial charge in [-0.25, -0.2) is 4.98 Å². The van der Waals surface area contributed by atoms with Crippen LogP contribution in [0.4, 0.5) is 5.82 Å². The lowest BCUT2D eigenvalue weighted by Crippen LogP contribution is -2.40. The van der Waals surface area contributed by atoms with Crippen LogP contribution in [0.15, 0.2) is 12.4 Å². The largest absolute Gasteiger partial charge is 0.377 e. The number of hydrogen-bond donors (Lipinski definition) is 1. The van der Waals surface area contributed by atoms with Gasteiger partial charge in [0.15, 0.2) is 0 Å². The van der Waals surface area contributed by atoms with Crippen molar-refractivity contribution in [2.24, 2.45) is 0 Å².